The van der Waals surface area contributed by atoms with Crippen molar-refractivity contribution in [2.75, 3.05) is 13.7 Å². The quantitative estimate of drug-likeness (QED) is 0.614. The second-order valence-electron chi connectivity index (χ2n) is 5.78. The van der Waals surface area contributed by atoms with Gasteiger partial charge < -0.3 is 9.47 Å². The van der Waals surface area contributed by atoms with Crippen molar-refractivity contribution in [2.24, 2.45) is 0 Å². The number of alkyl halides is 1. The lowest BCUT2D eigenvalue weighted by Crippen LogP contribution is -2.19. The summed E-state index contributed by atoms with van der Waals surface area (Å²) >= 11 is 10.3. The summed E-state index contributed by atoms with van der Waals surface area (Å²) < 4.78 is 12.5. The van der Waals surface area contributed by atoms with Crippen molar-refractivity contribution in [3.05, 3.63) is 27.2 Å². The van der Waals surface area contributed by atoms with Crippen LogP contribution in [0.15, 0.2) is 10.5 Å². The van der Waals surface area contributed by atoms with E-state index in [2.05, 4.69) is 35.8 Å². The zero-order valence-electron chi connectivity index (χ0n) is 13.0. The first-order valence-corrected chi connectivity index (χ1v) is 8.86. The number of hydrogen-bond donors (Lipinski definition) is 0. The lowest BCUT2D eigenvalue weighted by molar-refractivity contribution is 0.00997. The Bertz CT molecular complexity index is 484. The second kappa shape index (κ2) is 7.85. The molecule has 1 aliphatic rings. The second-order valence-corrected chi connectivity index (χ2v) is 7.16. The van der Waals surface area contributed by atoms with Gasteiger partial charge in [-0.1, -0.05) is 15.9 Å². The summed E-state index contributed by atoms with van der Waals surface area (Å²) in [7, 11) is 1.72. The van der Waals surface area contributed by atoms with E-state index in [9.17, 15) is 0 Å². The normalized spacial score (nSPS) is 20.3. The fraction of sp³-hybridized carbons (Fsp3) is 0.647. The van der Waals surface area contributed by atoms with Crippen molar-refractivity contribution in [1.29, 1.82) is 0 Å². The van der Waals surface area contributed by atoms with Gasteiger partial charge in [0, 0.05) is 16.6 Å². The van der Waals surface area contributed by atoms with Gasteiger partial charge in [-0.2, -0.15) is 0 Å². The maximum Gasteiger partial charge on any atom is 0.126 e. The van der Waals surface area contributed by atoms with E-state index < -0.39 is 0 Å². The molecule has 2 atom stereocenters. The van der Waals surface area contributed by atoms with Gasteiger partial charge >= 0.3 is 0 Å². The molecule has 0 N–H and O–H groups in total. The average molecular weight is 376 g/mol. The molecular formula is C17H24BrClO2. The van der Waals surface area contributed by atoms with Crippen molar-refractivity contribution in [1.82, 2.24) is 0 Å². The predicted molar refractivity (Wildman–Crippen MR) is 91.6 cm³/mol. The SMILES string of the molecule is COc1c(C)cc(Br)c(C)c1C(Cl)CCC1CCCCO1. The Morgan fingerprint density at radius 3 is 2.81 bits per heavy atom. The molecule has 1 aromatic rings. The van der Waals surface area contributed by atoms with E-state index in [1.807, 2.05) is 0 Å². The topological polar surface area (TPSA) is 18.5 Å². The van der Waals surface area contributed by atoms with Gasteiger partial charge in [0.1, 0.15) is 5.75 Å². The molecular weight excluding hydrogens is 352 g/mol. The smallest absolute Gasteiger partial charge is 0.126 e. The van der Waals surface area contributed by atoms with E-state index in [1.165, 1.54) is 18.4 Å². The highest BCUT2D eigenvalue weighted by Gasteiger charge is 2.22. The van der Waals surface area contributed by atoms with Gasteiger partial charge in [-0.15, -0.1) is 11.6 Å². The molecule has 0 bridgehead atoms. The fourth-order valence-corrected chi connectivity index (χ4v) is 3.98. The van der Waals surface area contributed by atoms with Gasteiger partial charge in [0.15, 0.2) is 0 Å². The summed E-state index contributed by atoms with van der Waals surface area (Å²) in [4.78, 5) is 0. The Kier molecular flexibility index (Phi) is 6.39. The van der Waals surface area contributed by atoms with Gasteiger partial charge in [0.25, 0.3) is 0 Å². The summed E-state index contributed by atoms with van der Waals surface area (Å²) in [5, 5.41) is -0.0401. The van der Waals surface area contributed by atoms with E-state index in [0.717, 1.165) is 47.2 Å². The molecule has 0 aliphatic carbocycles. The molecule has 0 saturated carbocycles. The summed E-state index contributed by atoms with van der Waals surface area (Å²) in [6.45, 7) is 5.05. The van der Waals surface area contributed by atoms with Crippen LogP contribution in [0.2, 0.25) is 0 Å². The maximum atomic E-state index is 6.70. The Hall–Kier alpha value is -0.250. The third kappa shape index (κ3) is 4.14. The summed E-state index contributed by atoms with van der Waals surface area (Å²) in [5.41, 5.74) is 3.40. The minimum atomic E-state index is -0.0401. The highest BCUT2D eigenvalue weighted by molar-refractivity contribution is 9.10. The number of methoxy groups -OCH3 is 1. The van der Waals surface area contributed by atoms with E-state index in [0.29, 0.717) is 6.10 Å². The van der Waals surface area contributed by atoms with Crippen LogP contribution in [0.5, 0.6) is 5.75 Å². The maximum absolute atomic E-state index is 6.70. The summed E-state index contributed by atoms with van der Waals surface area (Å²) in [6.07, 6.45) is 5.94. The molecule has 2 unspecified atom stereocenters. The molecule has 1 aliphatic heterocycles. The Morgan fingerprint density at radius 1 is 1.43 bits per heavy atom. The van der Waals surface area contributed by atoms with Crippen molar-refractivity contribution < 1.29 is 9.47 Å². The molecule has 1 saturated heterocycles. The zero-order valence-corrected chi connectivity index (χ0v) is 15.4. The van der Waals surface area contributed by atoms with Crippen LogP contribution in [0.1, 0.15) is 54.2 Å². The van der Waals surface area contributed by atoms with Crippen molar-refractivity contribution in [2.45, 2.75) is 57.4 Å². The van der Waals surface area contributed by atoms with Crippen molar-refractivity contribution in [3.8, 4) is 5.75 Å². The number of benzene rings is 1. The van der Waals surface area contributed by atoms with E-state index in [-0.39, 0.29) is 5.38 Å². The molecule has 1 aromatic carbocycles. The Labute approximate surface area is 141 Å². The van der Waals surface area contributed by atoms with Crippen LogP contribution in [0, 0.1) is 13.8 Å². The molecule has 118 valence electrons. The number of rotatable bonds is 5. The van der Waals surface area contributed by atoms with Crippen LogP contribution in [-0.2, 0) is 4.74 Å². The largest absolute Gasteiger partial charge is 0.496 e. The van der Waals surface area contributed by atoms with Gasteiger partial charge in [-0.3, -0.25) is 0 Å². The van der Waals surface area contributed by atoms with Gasteiger partial charge in [0.2, 0.25) is 0 Å². The van der Waals surface area contributed by atoms with Crippen LogP contribution >= 0.6 is 27.5 Å². The summed E-state index contributed by atoms with van der Waals surface area (Å²) in [5.74, 6) is 0.917. The Morgan fingerprint density at radius 2 is 2.19 bits per heavy atom. The van der Waals surface area contributed by atoms with Crippen LogP contribution in [-0.4, -0.2) is 19.8 Å². The minimum Gasteiger partial charge on any atom is -0.496 e. The number of aryl methyl sites for hydroxylation is 1. The first kappa shape index (κ1) is 17.1. The third-order valence-corrected chi connectivity index (χ3v) is 5.50. The van der Waals surface area contributed by atoms with Crippen LogP contribution < -0.4 is 4.74 Å². The lowest BCUT2D eigenvalue weighted by atomic mass is 9.96. The highest BCUT2D eigenvalue weighted by Crippen LogP contribution is 2.41. The standard InChI is InChI=1S/C17H24BrClO2/c1-11-10-14(18)12(2)16(17(11)20-3)15(19)8-7-13-6-4-5-9-21-13/h10,13,15H,4-9H2,1-3H3. The van der Waals surface area contributed by atoms with Crippen LogP contribution in [0.4, 0.5) is 0 Å². The number of halogens is 2. The molecule has 1 fully saturated rings. The Balaban J connectivity index is 2.12. The van der Waals surface area contributed by atoms with E-state index >= 15 is 0 Å². The zero-order chi connectivity index (χ0) is 15.4. The van der Waals surface area contributed by atoms with Crippen LogP contribution in [0.25, 0.3) is 0 Å². The highest BCUT2D eigenvalue weighted by atomic mass is 79.9. The number of hydrogen-bond acceptors (Lipinski definition) is 2. The molecule has 2 nitrogen and oxygen atoms in total. The molecule has 0 radical (unpaired) electrons. The molecule has 2 rings (SSSR count). The van der Waals surface area contributed by atoms with E-state index in [1.54, 1.807) is 7.11 Å². The third-order valence-electron chi connectivity index (χ3n) is 4.24. The number of ether oxygens (including phenoxy) is 2. The molecule has 0 aromatic heterocycles. The first-order chi connectivity index (χ1) is 10.0. The summed E-state index contributed by atoms with van der Waals surface area (Å²) in [6, 6.07) is 2.09. The lowest BCUT2D eigenvalue weighted by Gasteiger charge is -2.25. The molecule has 0 spiro atoms. The van der Waals surface area contributed by atoms with Crippen LogP contribution in [0.3, 0.4) is 0 Å². The molecule has 4 heteroatoms. The van der Waals surface area contributed by atoms with Crippen molar-refractivity contribution in [3.63, 3.8) is 0 Å². The van der Waals surface area contributed by atoms with E-state index in [4.69, 9.17) is 21.1 Å². The average Bonchev–Trinajstić information content (AvgIpc) is 2.49. The fourth-order valence-electron chi connectivity index (χ4n) is 3.04. The van der Waals surface area contributed by atoms with Crippen molar-refractivity contribution >= 4 is 27.5 Å². The van der Waals surface area contributed by atoms with Gasteiger partial charge in [-0.05, 0) is 63.1 Å². The predicted octanol–water partition coefficient (Wildman–Crippen LogP) is 5.70. The molecule has 1 heterocycles. The molecule has 0 amide bonds. The minimum absolute atomic E-state index is 0.0401. The van der Waals surface area contributed by atoms with Gasteiger partial charge in [0.05, 0.1) is 18.6 Å². The van der Waals surface area contributed by atoms with Gasteiger partial charge in [-0.25, -0.2) is 0 Å². The monoisotopic (exact) mass is 374 g/mol. The first-order valence-electron chi connectivity index (χ1n) is 7.63. The molecule has 21 heavy (non-hydrogen) atoms.